The van der Waals surface area contributed by atoms with Crippen LogP contribution in [0.15, 0.2) is 45.6 Å². The van der Waals surface area contributed by atoms with Gasteiger partial charge in [-0.3, -0.25) is 9.78 Å². The van der Waals surface area contributed by atoms with Crippen LogP contribution in [-0.2, 0) is 4.79 Å². The molecule has 0 aliphatic rings. The molecule has 128 valence electrons. The molecule has 2 N–H and O–H groups in total. The van der Waals surface area contributed by atoms with E-state index in [0.717, 1.165) is 28.0 Å². The standard InChI is InChI=1S/C19H19N3O3/c1-11-8-19(24)25-17-9-14(5-6-15(11)17)22-18(23)10-20-16-7-4-12(2)21-13(16)3/h4-9,20H,10H2,1-3H3,(H,22,23). The highest BCUT2D eigenvalue weighted by Crippen LogP contribution is 2.20. The number of aryl methyl sites for hydroxylation is 3. The minimum absolute atomic E-state index is 0.112. The summed E-state index contributed by atoms with van der Waals surface area (Å²) in [6.07, 6.45) is 0. The molecule has 3 rings (SSSR count). The van der Waals surface area contributed by atoms with E-state index in [-0.39, 0.29) is 12.5 Å². The summed E-state index contributed by atoms with van der Waals surface area (Å²) in [5.41, 5.74) is 4.06. The summed E-state index contributed by atoms with van der Waals surface area (Å²) in [5.74, 6) is -0.200. The van der Waals surface area contributed by atoms with E-state index in [1.807, 2.05) is 39.0 Å². The van der Waals surface area contributed by atoms with Crippen LogP contribution in [0.2, 0.25) is 0 Å². The Bertz CT molecular complexity index is 1010. The zero-order valence-corrected chi connectivity index (χ0v) is 14.3. The summed E-state index contributed by atoms with van der Waals surface area (Å²) < 4.78 is 5.19. The van der Waals surface area contributed by atoms with Crippen LogP contribution in [0.5, 0.6) is 0 Å². The molecule has 6 heteroatoms. The highest BCUT2D eigenvalue weighted by atomic mass is 16.4. The molecule has 0 radical (unpaired) electrons. The summed E-state index contributed by atoms with van der Waals surface area (Å²) in [6.45, 7) is 5.77. The van der Waals surface area contributed by atoms with Crippen LogP contribution in [0.4, 0.5) is 11.4 Å². The molecule has 0 fully saturated rings. The number of amides is 1. The number of anilines is 2. The molecule has 0 spiro atoms. The smallest absolute Gasteiger partial charge is 0.336 e. The number of benzene rings is 1. The molecule has 0 atom stereocenters. The van der Waals surface area contributed by atoms with Crippen LogP contribution >= 0.6 is 0 Å². The topological polar surface area (TPSA) is 84.2 Å². The lowest BCUT2D eigenvalue weighted by Gasteiger charge is -2.10. The number of nitrogens with one attached hydrogen (secondary N) is 2. The molecule has 2 heterocycles. The number of hydrogen-bond acceptors (Lipinski definition) is 5. The monoisotopic (exact) mass is 337 g/mol. The lowest BCUT2D eigenvalue weighted by Crippen LogP contribution is -2.22. The van der Waals surface area contributed by atoms with Gasteiger partial charge in [0.1, 0.15) is 5.58 Å². The van der Waals surface area contributed by atoms with Gasteiger partial charge in [-0.25, -0.2) is 4.79 Å². The van der Waals surface area contributed by atoms with Gasteiger partial charge in [0, 0.05) is 28.9 Å². The number of fused-ring (bicyclic) bond motifs is 1. The summed E-state index contributed by atoms with van der Waals surface area (Å²) in [6, 6.07) is 10.5. The summed E-state index contributed by atoms with van der Waals surface area (Å²) in [4.78, 5) is 28.0. The number of aromatic nitrogens is 1. The van der Waals surface area contributed by atoms with E-state index in [9.17, 15) is 9.59 Å². The lowest BCUT2D eigenvalue weighted by molar-refractivity contribution is -0.114. The van der Waals surface area contributed by atoms with Crippen molar-refractivity contribution >= 4 is 28.3 Å². The van der Waals surface area contributed by atoms with E-state index < -0.39 is 5.63 Å². The molecule has 25 heavy (non-hydrogen) atoms. The second-order valence-electron chi connectivity index (χ2n) is 5.95. The zero-order valence-electron chi connectivity index (χ0n) is 14.3. The SMILES string of the molecule is Cc1ccc(NCC(=O)Nc2ccc3c(C)cc(=O)oc3c2)c(C)n1. The van der Waals surface area contributed by atoms with E-state index in [0.29, 0.717) is 11.3 Å². The Labute approximate surface area is 144 Å². The number of rotatable bonds is 4. The maximum Gasteiger partial charge on any atom is 0.336 e. The minimum Gasteiger partial charge on any atom is -0.423 e. The Morgan fingerprint density at radius 3 is 2.68 bits per heavy atom. The van der Waals surface area contributed by atoms with E-state index in [1.54, 1.807) is 12.1 Å². The molecule has 0 aliphatic heterocycles. The number of carbonyl (C=O) groups excluding carboxylic acids is 1. The second kappa shape index (κ2) is 6.76. The van der Waals surface area contributed by atoms with E-state index in [1.165, 1.54) is 6.07 Å². The van der Waals surface area contributed by atoms with Crippen molar-refractivity contribution in [1.82, 2.24) is 4.98 Å². The first-order valence-electron chi connectivity index (χ1n) is 7.95. The van der Waals surface area contributed by atoms with Crippen LogP contribution < -0.4 is 16.3 Å². The normalized spacial score (nSPS) is 10.7. The molecule has 6 nitrogen and oxygen atoms in total. The van der Waals surface area contributed by atoms with E-state index >= 15 is 0 Å². The molecule has 0 aliphatic carbocycles. The summed E-state index contributed by atoms with van der Waals surface area (Å²) in [5, 5.41) is 6.70. The lowest BCUT2D eigenvalue weighted by atomic mass is 10.1. The van der Waals surface area contributed by atoms with Gasteiger partial charge in [-0.1, -0.05) is 0 Å². The van der Waals surface area contributed by atoms with E-state index in [2.05, 4.69) is 15.6 Å². The first-order chi connectivity index (χ1) is 11.9. The van der Waals surface area contributed by atoms with Gasteiger partial charge in [0.25, 0.3) is 0 Å². The van der Waals surface area contributed by atoms with Gasteiger partial charge < -0.3 is 15.1 Å². The highest BCUT2D eigenvalue weighted by molar-refractivity contribution is 5.95. The maximum atomic E-state index is 12.1. The minimum atomic E-state index is -0.405. The maximum absolute atomic E-state index is 12.1. The summed E-state index contributed by atoms with van der Waals surface area (Å²) in [7, 11) is 0. The highest BCUT2D eigenvalue weighted by Gasteiger charge is 2.07. The third-order valence-corrected chi connectivity index (χ3v) is 3.90. The molecule has 0 unspecified atom stereocenters. The first-order valence-corrected chi connectivity index (χ1v) is 7.95. The molecule has 1 amide bonds. The molecule has 0 saturated heterocycles. The molecule has 0 saturated carbocycles. The number of nitrogens with zero attached hydrogens (tertiary/aromatic N) is 1. The molecule has 3 aromatic rings. The third kappa shape index (κ3) is 3.85. The summed E-state index contributed by atoms with van der Waals surface area (Å²) >= 11 is 0. The van der Waals surface area contributed by atoms with Gasteiger partial charge in [0.15, 0.2) is 0 Å². The Morgan fingerprint density at radius 2 is 1.92 bits per heavy atom. The first kappa shape index (κ1) is 16.7. The van der Waals surface area contributed by atoms with Gasteiger partial charge >= 0.3 is 5.63 Å². The Hall–Kier alpha value is -3.15. The Morgan fingerprint density at radius 1 is 1.12 bits per heavy atom. The zero-order chi connectivity index (χ0) is 18.0. The predicted octanol–water partition coefficient (Wildman–Crippen LogP) is 3.16. The molecular weight excluding hydrogens is 318 g/mol. The van der Waals surface area contributed by atoms with Gasteiger partial charge in [0.2, 0.25) is 5.91 Å². The van der Waals surface area contributed by atoms with Crippen molar-refractivity contribution in [3.05, 3.63) is 63.8 Å². The Balaban J connectivity index is 1.70. The van der Waals surface area contributed by atoms with Crippen molar-refractivity contribution in [2.45, 2.75) is 20.8 Å². The Kier molecular flexibility index (Phi) is 4.52. The van der Waals surface area contributed by atoms with E-state index in [4.69, 9.17) is 4.42 Å². The van der Waals surface area contributed by atoms with Gasteiger partial charge in [-0.05, 0) is 50.6 Å². The fraction of sp³-hybridized carbons (Fsp3) is 0.211. The van der Waals surface area contributed by atoms with Crippen molar-refractivity contribution < 1.29 is 9.21 Å². The fourth-order valence-corrected chi connectivity index (χ4v) is 2.66. The fourth-order valence-electron chi connectivity index (χ4n) is 2.66. The number of pyridine rings is 1. The van der Waals surface area contributed by atoms with Crippen LogP contribution in [0.3, 0.4) is 0 Å². The molecule has 2 aromatic heterocycles. The van der Waals surface area contributed by atoms with Crippen molar-refractivity contribution in [3.63, 3.8) is 0 Å². The van der Waals surface area contributed by atoms with Gasteiger partial charge in [0.05, 0.1) is 17.9 Å². The largest absolute Gasteiger partial charge is 0.423 e. The van der Waals surface area contributed by atoms with Crippen molar-refractivity contribution in [2.24, 2.45) is 0 Å². The van der Waals surface area contributed by atoms with Crippen LogP contribution in [-0.4, -0.2) is 17.4 Å². The molecule has 1 aromatic carbocycles. The van der Waals surface area contributed by atoms with Gasteiger partial charge in [-0.15, -0.1) is 0 Å². The third-order valence-electron chi connectivity index (χ3n) is 3.90. The quantitative estimate of drug-likeness (QED) is 0.714. The second-order valence-corrected chi connectivity index (χ2v) is 5.95. The average molecular weight is 337 g/mol. The van der Waals surface area contributed by atoms with Crippen molar-refractivity contribution in [1.29, 1.82) is 0 Å². The van der Waals surface area contributed by atoms with Crippen molar-refractivity contribution in [2.75, 3.05) is 17.2 Å². The predicted molar refractivity (Wildman–Crippen MR) is 98.1 cm³/mol. The number of hydrogen-bond donors (Lipinski definition) is 2. The average Bonchev–Trinajstić information content (AvgIpc) is 2.53. The molecular formula is C19H19N3O3. The van der Waals surface area contributed by atoms with Gasteiger partial charge in [-0.2, -0.15) is 0 Å². The number of carbonyl (C=O) groups is 1. The van der Waals surface area contributed by atoms with Crippen LogP contribution in [0.25, 0.3) is 11.0 Å². The van der Waals surface area contributed by atoms with Crippen LogP contribution in [0, 0.1) is 20.8 Å². The van der Waals surface area contributed by atoms with Crippen molar-refractivity contribution in [3.8, 4) is 0 Å². The van der Waals surface area contributed by atoms with Crippen LogP contribution in [0.1, 0.15) is 17.0 Å². The molecule has 0 bridgehead atoms.